The van der Waals surface area contributed by atoms with Crippen molar-refractivity contribution in [3.63, 3.8) is 0 Å². The van der Waals surface area contributed by atoms with E-state index in [1.807, 2.05) is 18.2 Å². The van der Waals surface area contributed by atoms with Crippen LogP contribution in [0.15, 0.2) is 36.5 Å². The summed E-state index contributed by atoms with van der Waals surface area (Å²) in [5, 5.41) is 11.7. The van der Waals surface area contributed by atoms with Crippen LogP contribution in [0.1, 0.15) is 43.8 Å². The van der Waals surface area contributed by atoms with Crippen molar-refractivity contribution in [2.75, 3.05) is 0 Å². The van der Waals surface area contributed by atoms with Crippen LogP contribution in [-0.2, 0) is 0 Å². The van der Waals surface area contributed by atoms with Gasteiger partial charge >= 0.3 is 0 Å². The van der Waals surface area contributed by atoms with E-state index >= 15 is 0 Å². The number of pyridine rings is 1. The van der Waals surface area contributed by atoms with E-state index in [2.05, 4.69) is 17.1 Å². The van der Waals surface area contributed by atoms with Gasteiger partial charge in [0.1, 0.15) is 0 Å². The Morgan fingerprint density at radius 3 is 2.67 bits per heavy atom. The van der Waals surface area contributed by atoms with E-state index < -0.39 is 0 Å². The van der Waals surface area contributed by atoms with Gasteiger partial charge in [0.2, 0.25) is 0 Å². The van der Waals surface area contributed by atoms with Gasteiger partial charge in [0, 0.05) is 17.1 Å². The van der Waals surface area contributed by atoms with Crippen LogP contribution in [0, 0.1) is 5.92 Å². The van der Waals surface area contributed by atoms with Crippen molar-refractivity contribution in [3.8, 4) is 0 Å². The fourth-order valence-electron chi connectivity index (χ4n) is 3.07. The van der Waals surface area contributed by atoms with E-state index in [-0.39, 0.29) is 6.10 Å². The number of aliphatic hydroxyl groups is 1. The Balaban J connectivity index is 1.97. The molecule has 0 saturated heterocycles. The molecular formula is C16H19NO. The van der Waals surface area contributed by atoms with Crippen LogP contribution < -0.4 is 0 Å². The van der Waals surface area contributed by atoms with E-state index in [4.69, 9.17) is 0 Å². The molecule has 1 aromatic heterocycles. The third kappa shape index (κ3) is 2.13. The Kier molecular flexibility index (Phi) is 3.28. The van der Waals surface area contributed by atoms with Crippen molar-refractivity contribution in [1.29, 1.82) is 0 Å². The topological polar surface area (TPSA) is 33.1 Å². The first-order chi connectivity index (χ1) is 8.86. The molecule has 1 aliphatic carbocycles. The first-order valence-electron chi connectivity index (χ1n) is 6.88. The number of hydrogen-bond acceptors (Lipinski definition) is 2. The first kappa shape index (κ1) is 11.7. The molecule has 1 heterocycles. The van der Waals surface area contributed by atoms with Gasteiger partial charge in [0.25, 0.3) is 0 Å². The predicted molar refractivity (Wildman–Crippen MR) is 73.3 cm³/mol. The molecule has 2 nitrogen and oxygen atoms in total. The second-order valence-electron chi connectivity index (χ2n) is 5.27. The lowest BCUT2D eigenvalue weighted by Crippen LogP contribution is -2.16. The number of benzene rings is 1. The van der Waals surface area contributed by atoms with Crippen molar-refractivity contribution in [2.45, 2.75) is 38.2 Å². The van der Waals surface area contributed by atoms with Crippen LogP contribution in [0.4, 0.5) is 0 Å². The smallest absolute Gasteiger partial charge is 0.0839 e. The highest BCUT2D eigenvalue weighted by Gasteiger charge is 2.24. The molecule has 1 unspecified atom stereocenters. The van der Waals surface area contributed by atoms with Crippen LogP contribution >= 0.6 is 0 Å². The lowest BCUT2D eigenvalue weighted by atomic mass is 9.82. The minimum atomic E-state index is -0.358. The second kappa shape index (κ2) is 5.07. The Morgan fingerprint density at radius 1 is 1.06 bits per heavy atom. The predicted octanol–water partition coefficient (Wildman–Crippen LogP) is 3.85. The van der Waals surface area contributed by atoms with Gasteiger partial charge in [-0.2, -0.15) is 0 Å². The van der Waals surface area contributed by atoms with Crippen LogP contribution in [0.2, 0.25) is 0 Å². The Labute approximate surface area is 108 Å². The highest BCUT2D eigenvalue weighted by atomic mass is 16.3. The minimum Gasteiger partial charge on any atom is -0.388 e. The summed E-state index contributed by atoms with van der Waals surface area (Å²) in [7, 11) is 0. The number of aliphatic hydroxyl groups excluding tert-OH is 1. The fraction of sp³-hybridized carbons (Fsp3) is 0.438. The maximum absolute atomic E-state index is 10.6. The standard InChI is InChI=1S/C16H19NO/c18-16(13-6-2-1-3-7-13)14-10-4-8-12-9-5-11-17-15(12)14/h4-5,8-11,13,16,18H,1-3,6-7H2. The molecule has 2 heteroatoms. The largest absolute Gasteiger partial charge is 0.388 e. The van der Waals surface area contributed by atoms with Crippen LogP contribution in [0.25, 0.3) is 10.9 Å². The average molecular weight is 241 g/mol. The van der Waals surface area contributed by atoms with Crippen molar-refractivity contribution in [3.05, 3.63) is 42.1 Å². The van der Waals surface area contributed by atoms with Gasteiger partial charge in [-0.25, -0.2) is 0 Å². The maximum atomic E-state index is 10.6. The Morgan fingerprint density at radius 2 is 1.83 bits per heavy atom. The van der Waals surface area contributed by atoms with Crippen LogP contribution in [-0.4, -0.2) is 10.1 Å². The monoisotopic (exact) mass is 241 g/mol. The maximum Gasteiger partial charge on any atom is 0.0839 e. The molecule has 1 N–H and O–H groups in total. The summed E-state index contributed by atoms with van der Waals surface area (Å²) in [4.78, 5) is 4.44. The van der Waals surface area contributed by atoms with Crippen molar-refractivity contribution < 1.29 is 5.11 Å². The minimum absolute atomic E-state index is 0.358. The zero-order chi connectivity index (χ0) is 12.4. The van der Waals surface area contributed by atoms with Gasteiger partial charge in [-0.3, -0.25) is 4.98 Å². The molecule has 2 aromatic rings. The molecule has 0 bridgehead atoms. The molecule has 18 heavy (non-hydrogen) atoms. The number of rotatable bonds is 2. The van der Waals surface area contributed by atoms with Crippen LogP contribution in [0.3, 0.4) is 0 Å². The SMILES string of the molecule is OC(c1cccc2cccnc12)C1CCCCC1. The van der Waals surface area contributed by atoms with Gasteiger partial charge < -0.3 is 5.11 Å². The molecule has 1 saturated carbocycles. The van der Waals surface area contributed by atoms with E-state index in [9.17, 15) is 5.11 Å². The van der Waals surface area contributed by atoms with E-state index in [1.165, 1.54) is 19.3 Å². The molecule has 1 aliphatic rings. The first-order valence-corrected chi connectivity index (χ1v) is 6.88. The Hall–Kier alpha value is -1.41. The summed E-state index contributed by atoms with van der Waals surface area (Å²) >= 11 is 0. The van der Waals surface area contributed by atoms with Crippen molar-refractivity contribution in [1.82, 2.24) is 4.98 Å². The van der Waals surface area contributed by atoms with Gasteiger partial charge in [0.05, 0.1) is 11.6 Å². The number of para-hydroxylation sites is 1. The number of hydrogen-bond donors (Lipinski definition) is 1. The zero-order valence-electron chi connectivity index (χ0n) is 10.5. The molecule has 0 aliphatic heterocycles. The number of aromatic nitrogens is 1. The average Bonchev–Trinajstić information content (AvgIpc) is 2.47. The number of nitrogens with zero attached hydrogens (tertiary/aromatic N) is 1. The summed E-state index contributed by atoms with van der Waals surface area (Å²) < 4.78 is 0. The highest BCUT2D eigenvalue weighted by molar-refractivity contribution is 5.81. The molecule has 0 amide bonds. The molecule has 1 atom stereocenters. The lowest BCUT2D eigenvalue weighted by molar-refractivity contribution is 0.0859. The van der Waals surface area contributed by atoms with E-state index in [0.717, 1.165) is 29.3 Å². The lowest BCUT2D eigenvalue weighted by Gasteiger charge is -2.27. The van der Waals surface area contributed by atoms with Gasteiger partial charge in [-0.05, 0) is 24.8 Å². The summed E-state index contributed by atoms with van der Waals surface area (Å²) in [5.41, 5.74) is 1.96. The molecule has 1 fully saturated rings. The molecular weight excluding hydrogens is 222 g/mol. The normalized spacial score (nSPS) is 18.9. The van der Waals surface area contributed by atoms with Gasteiger partial charge in [-0.1, -0.05) is 43.5 Å². The number of fused-ring (bicyclic) bond motifs is 1. The summed E-state index contributed by atoms with van der Waals surface area (Å²) in [5.74, 6) is 0.409. The third-order valence-electron chi connectivity index (χ3n) is 4.08. The molecule has 0 radical (unpaired) electrons. The van der Waals surface area contributed by atoms with Gasteiger partial charge in [0.15, 0.2) is 0 Å². The van der Waals surface area contributed by atoms with Crippen molar-refractivity contribution in [2.24, 2.45) is 5.92 Å². The van der Waals surface area contributed by atoms with E-state index in [1.54, 1.807) is 6.20 Å². The zero-order valence-corrected chi connectivity index (χ0v) is 10.5. The fourth-order valence-corrected chi connectivity index (χ4v) is 3.07. The van der Waals surface area contributed by atoms with Crippen LogP contribution in [0.5, 0.6) is 0 Å². The third-order valence-corrected chi connectivity index (χ3v) is 4.08. The second-order valence-corrected chi connectivity index (χ2v) is 5.27. The molecule has 1 aromatic carbocycles. The quantitative estimate of drug-likeness (QED) is 0.866. The molecule has 3 rings (SSSR count). The molecule has 0 spiro atoms. The summed E-state index contributed by atoms with van der Waals surface area (Å²) in [6.07, 6.45) is 7.55. The van der Waals surface area contributed by atoms with E-state index in [0.29, 0.717) is 5.92 Å². The van der Waals surface area contributed by atoms with Gasteiger partial charge in [-0.15, -0.1) is 0 Å². The Bertz CT molecular complexity index is 526. The van der Waals surface area contributed by atoms with Crippen molar-refractivity contribution >= 4 is 10.9 Å². The summed E-state index contributed by atoms with van der Waals surface area (Å²) in [6, 6.07) is 10.1. The molecule has 94 valence electrons. The highest BCUT2D eigenvalue weighted by Crippen LogP contribution is 2.36. The summed E-state index contributed by atoms with van der Waals surface area (Å²) in [6.45, 7) is 0.